The number of hydrogen-bond acceptors (Lipinski definition) is 9. The van der Waals surface area contributed by atoms with Gasteiger partial charge in [0.25, 0.3) is 11.8 Å². The van der Waals surface area contributed by atoms with E-state index in [1.54, 1.807) is 5.38 Å². The van der Waals surface area contributed by atoms with Gasteiger partial charge in [-0.05, 0) is 16.7 Å². The second-order valence-electron chi connectivity index (χ2n) is 14.7. The van der Waals surface area contributed by atoms with Gasteiger partial charge in [0, 0.05) is 27.8 Å². The number of carboxylic acids is 1. The number of halogens is 1. The number of fused-ring (bicyclic) bond motifs is 1. The molecule has 63 heavy (non-hydrogen) atoms. The first-order valence-electron chi connectivity index (χ1n) is 20.0. The first kappa shape index (κ1) is 41.4. The lowest BCUT2D eigenvalue weighted by Crippen LogP contribution is -2.71. The number of aromatic nitrogens is 1. The van der Waals surface area contributed by atoms with Crippen molar-refractivity contribution in [3.63, 3.8) is 0 Å². The highest BCUT2D eigenvalue weighted by molar-refractivity contribution is 8.00. The van der Waals surface area contributed by atoms with Crippen molar-refractivity contribution in [2.75, 3.05) is 11.1 Å². The number of thioether (sulfide) groups is 1. The number of rotatable bonds is 14. The number of benzene rings is 6. The Bertz CT molecular complexity index is 2620. The topological polar surface area (TPSA) is 133 Å². The van der Waals surface area contributed by atoms with Gasteiger partial charge in [-0.3, -0.25) is 14.5 Å². The summed E-state index contributed by atoms with van der Waals surface area (Å²) in [6.45, 7) is 0. The second kappa shape index (κ2) is 17.8. The van der Waals surface area contributed by atoms with E-state index < -0.39 is 40.3 Å². The summed E-state index contributed by atoms with van der Waals surface area (Å²) in [7, 11) is 0. The lowest BCUT2D eigenvalue weighted by atomic mass is 9.77. The SMILES string of the molecule is O=C(O)C1=C(Cl)CS[C@@H]2[C@H](NC(=O)/C(=N\OC(c3ccccc3)(c3ccccc3)c3ccccc3)c3csc(NC(c4ccccc4)(c4ccccc4)c4ccccc4)n3)C(=O)N12. The van der Waals surface area contributed by atoms with Crippen LogP contribution in [0, 0.1) is 0 Å². The highest BCUT2D eigenvalue weighted by atomic mass is 35.5. The number of oxime groups is 1. The zero-order chi connectivity index (χ0) is 43.4. The molecular formula is C50H38ClN5O5S2. The number of hydrogen-bond donors (Lipinski definition) is 3. The van der Waals surface area contributed by atoms with Crippen LogP contribution in [-0.2, 0) is 30.4 Å². The standard InChI is InChI=1S/C50H38ClN5O5S2/c51-39-31-62-46-42(45(58)56(46)43(39)47(59)60)53-44(57)41(55-61-50(36-25-13-4-14-26-36,37-27-15-5-16-28-37)38-29-17-6-18-30-38)40-32-63-48(52-40)54-49(33-19-7-1-8-20-33,34-21-9-2-10-22-34)35-23-11-3-12-24-35/h1-30,32,42,46H,31H2,(H,52,54)(H,53,57)(H,59,60)/b55-41-/t42-,46-/m1/s1. The Morgan fingerprint density at radius 1 is 0.698 bits per heavy atom. The van der Waals surface area contributed by atoms with Gasteiger partial charge in [0.2, 0.25) is 5.60 Å². The number of β-lactam (4-membered cyclic amide) rings is 1. The predicted molar refractivity (Wildman–Crippen MR) is 247 cm³/mol. The highest BCUT2D eigenvalue weighted by Crippen LogP contribution is 2.44. The molecule has 13 heteroatoms. The molecule has 1 fully saturated rings. The molecule has 0 saturated carbocycles. The summed E-state index contributed by atoms with van der Waals surface area (Å²) in [6.07, 6.45) is 0. The van der Waals surface area contributed by atoms with Crippen LogP contribution in [0.1, 0.15) is 39.1 Å². The number of nitrogens with one attached hydrogen (secondary N) is 2. The summed E-state index contributed by atoms with van der Waals surface area (Å²) < 4.78 is 0. The largest absolute Gasteiger partial charge is 0.477 e. The third-order valence-corrected chi connectivity index (χ3v) is 13.6. The van der Waals surface area contributed by atoms with E-state index >= 15 is 0 Å². The smallest absolute Gasteiger partial charge is 0.353 e. The molecule has 3 heterocycles. The molecule has 0 spiro atoms. The number of carboxylic acid groups (broad SMARTS) is 1. The normalized spacial score (nSPS) is 16.4. The second-order valence-corrected chi connectivity index (χ2v) is 17.2. The van der Waals surface area contributed by atoms with Gasteiger partial charge < -0.3 is 20.6 Å². The molecule has 0 unspecified atom stereocenters. The molecule has 10 nitrogen and oxygen atoms in total. The van der Waals surface area contributed by atoms with Crippen molar-refractivity contribution in [1.29, 1.82) is 0 Å². The molecule has 2 amide bonds. The maximum Gasteiger partial charge on any atom is 0.353 e. The molecule has 2 aliphatic heterocycles. The van der Waals surface area contributed by atoms with Crippen LogP contribution in [0.2, 0.25) is 0 Å². The quantitative estimate of drug-likeness (QED) is 0.0427. The van der Waals surface area contributed by atoms with E-state index in [2.05, 4.69) is 47.0 Å². The first-order valence-corrected chi connectivity index (χ1v) is 22.3. The number of aliphatic carboxylic acids is 1. The predicted octanol–water partition coefficient (Wildman–Crippen LogP) is 9.19. The van der Waals surface area contributed by atoms with Crippen LogP contribution in [0.4, 0.5) is 5.13 Å². The molecule has 2 atom stereocenters. The lowest BCUT2D eigenvalue weighted by Gasteiger charge is -2.48. The fourth-order valence-corrected chi connectivity index (χ4v) is 10.5. The maximum absolute atomic E-state index is 14.8. The van der Waals surface area contributed by atoms with Gasteiger partial charge in [-0.2, -0.15) is 0 Å². The van der Waals surface area contributed by atoms with Crippen molar-refractivity contribution >= 4 is 63.3 Å². The Morgan fingerprint density at radius 2 is 1.13 bits per heavy atom. The van der Waals surface area contributed by atoms with E-state index in [1.165, 1.54) is 23.1 Å². The molecule has 1 saturated heterocycles. The monoisotopic (exact) mass is 887 g/mol. The van der Waals surface area contributed by atoms with Crippen LogP contribution in [0.15, 0.2) is 203 Å². The van der Waals surface area contributed by atoms with Gasteiger partial charge in [0.05, 0.1) is 5.03 Å². The van der Waals surface area contributed by atoms with E-state index in [4.69, 9.17) is 26.6 Å². The molecular weight excluding hydrogens is 850 g/mol. The van der Waals surface area contributed by atoms with Gasteiger partial charge in [-0.25, -0.2) is 9.78 Å². The summed E-state index contributed by atoms with van der Waals surface area (Å²) in [5, 5.41) is 22.8. The summed E-state index contributed by atoms with van der Waals surface area (Å²) in [4.78, 5) is 53.6. The van der Waals surface area contributed by atoms with Gasteiger partial charge in [0.15, 0.2) is 10.8 Å². The summed E-state index contributed by atoms with van der Waals surface area (Å²) in [5.74, 6) is -2.51. The van der Waals surface area contributed by atoms with Crippen LogP contribution in [-0.4, -0.2) is 55.7 Å². The van der Waals surface area contributed by atoms with Crippen LogP contribution in [0.25, 0.3) is 0 Å². The van der Waals surface area contributed by atoms with Crippen molar-refractivity contribution in [2.24, 2.45) is 5.16 Å². The average Bonchev–Trinajstić information content (AvgIpc) is 3.80. The van der Waals surface area contributed by atoms with E-state index in [1.807, 2.05) is 146 Å². The fraction of sp³-hybridized carbons (Fsp3) is 0.100. The third-order valence-electron chi connectivity index (χ3n) is 11.1. The fourth-order valence-electron chi connectivity index (χ4n) is 8.17. The third kappa shape index (κ3) is 7.67. The number of nitrogens with zero attached hydrogens (tertiary/aromatic N) is 3. The van der Waals surface area contributed by atoms with Crippen molar-refractivity contribution in [2.45, 2.75) is 22.6 Å². The number of carbonyl (C=O) groups is 3. The zero-order valence-corrected chi connectivity index (χ0v) is 35.8. The average molecular weight is 888 g/mol. The first-order chi connectivity index (χ1) is 30.8. The van der Waals surface area contributed by atoms with Crippen molar-refractivity contribution < 1.29 is 24.3 Å². The number of amides is 2. The summed E-state index contributed by atoms with van der Waals surface area (Å²) in [6, 6.07) is 58.0. The molecule has 9 rings (SSSR count). The minimum Gasteiger partial charge on any atom is -0.477 e. The van der Waals surface area contributed by atoms with E-state index in [9.17, 15) is 19.5 Å². The van der Waals surface area contributed by atoms with Crippen molar-refractivity contribution in [3.8, 4) is 0 Å². The lowest BCUT2D eigenvalue weighted by molar-refractivity contribution is -0.150. The molecule has 0 radical (unpaired) electrons. The maximum atomic E-state index is 14.8. The van der Waals surface area contributed by atoms with Gasteiger partial charge in [0.1, 0.15) is 28.3 Å². The Balaban J connectivity index is 1.17. The minimum absolute atomic E-state index is 0.0525. The van der Waals surface area contributed by atoms with Gasteiger partial charge >= 0.3 is 5.97 Å². The van der Waals surface area contributed by atoms with Crippen LogP contribution >= 0.6 is 34.7 Å². The Morgan fingerprint density at radius 3 is 1.56 bits per heavy atom. The van der Waals surface area contributed by atoms with Crippen molar-refractivity contribution in [1.82, 2.24) is 15.2 Å². The Kier molecular flexibility index (Phi) is 11.7. The molecule has 0 bridgehead atoms. The Hall–Kier alpha value is -6.99. The van der Waals surface area contributed by atoms with E-state index in [0.717, 1.165) is 38.3 Å². The molecule has 1 aromatic heterocycles. The molecule has 2 aliphatic rings. The summed E-state index contributed by atoms with van der Waals surface area (Å²) in [5.41, 5.74) is 2.54. The molecule has 7 aromatic rings. The minimum atomic E-state index is -1.35. The van der Waals surface area contributed by atoms with Crippen LogP contribution in [0.5, 0.6) is 0 Å². The molecule has 0 aliphatic carbocycles. The number of anilines is 1. The summed E-state index contributed by atoms with van der Waals surface area (Å²) >= 11 is 8.82. The highest BCUT2D eigenvalue weighted by Gasteiger charge is 2.54. The van der Waals surface area contributed by atoms with Crippen LogP contribution < -0.4 is 10.6 Å². The number of thiazole rings is 1. The van der Waals surface area contributed by atoms with E-state index in [-0.39, 0.29) is 27.9 Å². The van der Waals surface area contributed by atoms with E-state index in [0.29, 0.717) is 5.13 Å². The molecule has 6 aromatic carbocycles. The van der Waals surface area contributed by atoms with Crippen molar-refractivity contribution in [3.05, 3.63) is 237 Å². The Labute approximate surface area is 376 Å². The molecule has 312 valence electrons. The molecule has 3 N–H and O–H groups in total. The zero-order valence-electron chi connectivity index (χ0n) is 33.4. The van der Waals surface area contributed by atoms with Gasteiger partial charge in [-0.15, -0.1) is 23.1 Å². The van der Waals surface area contributed by atoms with Crippen LogP contribution in [0.3, 0.4) is 0 Å². The van der Waals surface area contributed by atoms with Gasteiger partial charge in [-0.1, -0.05) is 199 Å². The number of carbonyl (C=O) groups excluding carboxylic acids is 2.